The van der Waals surface area contributed by atoms with Crippen molar-refractivity contribution in [1.82, 2.24) is 0 Å². The van der Waals surface area contributed by atoms with E-state index < -0.39 is 6.61 Å². The van der Waals surface area contributed by atoms with Gasteiger partial charge in [-0.1, -0.05) is 31.9 Å². The van der Waals surface area contributed by atoms with Crippen LogP contribution in [0.25, 0.3) is 0 Å². The number of benzene rings is 1. The van der Waals surface area contributed by atoms with Crippen molar-refractivity contribution in [3.05, 3.63) is 21.6 Å². The topological polar surface area (TPSA) is 21.3 Å². The van der Waals surface area contributed by atoms with Gasteiger partial charge in [0.05, 0.1) is 10.2 Å². The number of hydrogen-bond donors (Lipinski definition) is 1. The Bertz CT molecular complexity index is 491. The summed E-state index contributed by atoms with van der Waals surface area (Å²) in [6.07, 6.45) is 3.48. The summed E-state index contributed by atoms with van der Waals surface area (Å²) in [4.78, 5) is 0. The van der Waals surface area contributed by atoms with Crippen molar-refractivity contribution in [3.8, 4) is 5.75 Å². The minimum absolute atomic E-state index is 0.111. The summed E-state index contributed by atoms with van der Waals surface area (Å²) in [5, 5.41) is 3.84. The van der Waals surface area contributed by atoms with E-state index in [2.05, 4.69) is 39.8 Å². The predicted molar refractivity (Wildman–Crippen MR) is 85.4 cm³/mol. The third kappa shape index (κ3) is 4.22. The maximum absolute atomic E-state index is 12.6. The van der Waals surface area contributed by atoms with Gasteiger partial charge in [0.1, 0.15) is 0 Å². The minimum Gasteiger partial charge on any atom is -0.431 e. The molecule has 1 fully saturated rings. The zero-order valence-electron chi connectivity index (χ0n) is 12.0. The van der Waals surface area contributed by atoms with Gasteiger partial charge in [0.15, 0.2) is 5.75 Å². The van der Waals surface area contributed by atoms with E-state index in [4.69, 9.17) is 11.6 Å². The van der Waals surface area contributed by atoms with Crippen LogP contribution in [0, 0.1) is 11.8 Å². The molecule has 1 aliphatic carbocycles. The molecule has 0 radical (unpaired) electrons. The van der Waals surface area contributed by atoms with Gasteiger partial charge in [-0.15, -0.1) is 0 Å². The summed E-state index contributed by atoms with van der Waals surface area (Å²) >= 11 is 9.27. The van der Waals surface area contributed by atoms with Crippen molar-refractivity contribution in [2.45, 2.75) is 45.8 Å². The van der Waals surface area contributed by atoms with E-state index in [0.717, 1.165) is 12.8 Å². The summed E-state index contributed by atoms with van der Waals surface area (Å²) < 4.78 is 30.3. The fraction of sp³-hybridized carbons (Fsp3) is 0.600. The Kier molecular flexibility index (Phi) is 5.72. The molecular weight excluding hydrogens is 364 g/mol. The number of anilines is 1. The highest BCUT2D eigenvalue weighted by Crippen LogP contribution is 2.40. The van der Waals surface area contributed by atoms with Crippen LogP contribution in [0.15, 0.2) is 16.6 Å². The molecule has 2 unspecified atom stereocenters. The van der Waals surface area contributed by atoms with Gasteiger partial charge in [-0.25, -0.2) is 0 Å². The highest BCUT2D eigenvalue weighted by Gasteiger charge is 2.29. The second kappa shape index (κ2) is 7.14. The Morgan fingerprint density at radius 1 is 1.29 bits per heavy atom. The van der Waals surface area contributed by atoms with Crippen LogP contribution in [0.3, 0.4) is 0 Å². The number of nitrogens with one attached hydrogen (secondary N) is 1. The first kappa shape index (κ1) is 16.8. The van der Waals surface area contributed by atoms with Gasteiger partial charge in [0.2, 0.25) is 0 Å². The van der Waals surface area contributed by atoms with Crippen LogP contribution < -0.4 is 10.1 Å². The highest BCUT2D eigenvalue weighted by atomic mass is 79.9. The first-order chi connectivity index (χ1) is 9.88. The summed E-state index contributed by atoms with van der Waals surface area (Å²) in [6.45, 7) is 1.49. The Labute approximate surface area is 137 Å². The quantitative estimate of drug-likeness (QED) is 0.695. The van der Waals surface area contributed by atoms with E-state index in [1.165, 1.54) is 6.42 Å². The first-order valence-corrected chi connectivity index (χ1v) is 8.26. The van der Waals surface area contributed by atoms with Gasteiger partial charge >= 0.3 is 6.61 Å². The monoisotopic (exact) mass is 381 g/mol. The van der Waals surface area contributed by atoms with Crippen LogP contribution in [-0.2, 0) is 0 Å². The fourth-order valence-corrected chi connectivity index (χ4v) is 3.93. The van der Waals surface area contributed by atoms with Crippen LogP contribution >= 0.6 is 27.5 Å². The average molecular weight is 383 g/mol. The SMILES string of the molecule is CC1CCCC(C)C1Nc1cc(Cl)cc(Br)c1OC(F)F. The van der Waals surface area contributed by atoms with E-state index in [1.807, 2.05) is 0 Å². The molecule has 1 saturated carbocycles. The molecule has 21 heavy (non-hydrogen) atoms. The van der Waals surface area contributed by atoms with E-state index in [9.17, 15) is 8.78 Å². The van der Waals surface area contributed by atoms with E-state index in [1.54, 1.807) is 12.1 Å². The molecule has 2 rings (SSSR count). The number of hydrogen-bond acceptors (Lipinski definition) is 2. The first-order valence-electron chi connectivity index (χ1n) is 7.09. The molecule has 0 heterocycles. The average Bonchev–Trinajstić information content (AvgIpc) is 2.37. The van der Waals surface area contributed by atoms with E-state index in [0.29, 0.717) is 27.0 Å². The molecule has 0 spiro atoms. The van der Waals surface area contributed by atoms with E-state index in [-0.39, 0.29) is 11.8 Å². The lowest BCUT2D eigenvalue weighted by Crippen LogP contribution is -2.37. The van der Waals surface area contributed by atoms with Gasteiger partial charge in [0.25, 0.3) is 0 Å². The maximum Gasteiger partial charge on any atom is 0.387 e. The van der Waals surface area contributed by atoms with Crippen molar-refractivity contribution >= 4 is 33.2 Å². The van der Waals surface area contributed by atoms with Gasteiger partial charge in [-0.3, -0.25) is 0 Å². The summed E-state index contributed by atoms with van der Waals surface area (Å²) in [6, 6.07) is 3.42. The second-order valence-electron chi connectivity index (χ2n) is 5.70. The molecule has 1 N–H and O–H groups in total. The molecule has 0 aliphatic heterocycles. The number of ether oxygens (including phenoxy) is 1. The van der Waals surface area contributed by atoms with Crippen LogP contribution in [0.5, 0.6) is 5.75 Å². The molecule has 0 bridgehead atoms. The molecule has 2 atom stereocenters. The zero-order chi connectivity index (χ0) is 15.6. The van der Waals surface area contributed by atoms with Crippen LogP contribution in [0.1, 0.15) is 33.1 Å². The van der Waals surface area contributed by atoms with Crippen molar-refractivity contribution in [1.29, 1.82) is 0 Å². The largest absolute Gasteiger partial charge is 0.431 e. The standard InChI is InChI=1S/C15H19BrClF2NO/c1-8-4-3-5-9(2)13(8)20-12-7-10(17)6-11(16)14(12)21-15(18)19/h6-9,13,15,20H,3-5H2,1-2H3. The number of alkyl halides is 2. The Balaban J connectivity index is 2.29. The van der Waals surface area contributed by atoms with Gasteiger partial charge < -0.3 is 10.1 Å². The van der Waals surface area contributed by atoms with Crippen LogP contribution in [0.2, 0.25) is 5.02 Å². The summed E-state index contributed by atoms with van der Waals surface area (Å²) in [5.74, 6) is 1.07. The molecule has 0 amide bonds. The summed E-state index contributed by atoms with van der Waals surface area (Å²) in [5.41, 5.74) is 0.514. The molecule has 0 saturated heterocycles. The van der Waals surface area contributed by atoms with Crippen LogP contribution in [-0.4, -0.2) is 12.7 Å². The van der Waals surface area contributed by atoms with Gasteiger partial charge in [0, 0.05) is 11.1 Å². The number of halogens is 4. The molecule has 6 heteroatoms. The lowest BCUT2D eigenvalue weighted by atomic mass is 9.78. The second-order valence-corrected chi connectivity index (χ2v) is 6.99. The molecule has 118 valence electrons. The lowest BCUT2D eigenvalue weighted by molar-refractivity contribution is -0.0499. The molecular formula is C15H19BrClF2NO. The Hall–Kier alpha value is -0.550. The summed E-state index contributed by atoms with van der Waals surface area (Å²) in [7, 11) is 0. The smallest absolute Gasteiger partial charge is 0.387 e. The van der Waals surface area contributed by atoms with Gasteiger partial charge in [-0.05, 0) is 52.7 Å². The highest BCUT2D eigenvalue weighted by molar-refractivity contribution is 9.10. The van der Waals surface area contributed by atoms with Gasteiger partial charge in [-0.2, -0.15) is 8.78 Å². The molecule has 1 aromatic rings. The Morgan fingerprint density at radius 2 is 1.90 bits per heavy atom. The van der Waals surface area contributed by atoms with Crippen molar-refractivity contribution in [2.75, 3.05) is 5.32 Å². The zero-order valence-corrected chi connectivity index (χ0v) is 14.3. The molecule has 1 aromatic carbocycles. The fourth-order valence-electron chi connectivity index (χ4n) is 3.02. The van der Waals surface area contributed by atoms with E-state index >= 15 is 0 Å². The maximum atomic E-state index is 12.6. The lowest BCUT2D eigenvalue weighted by Gasteiger charge is -2.36. The third-order valence-electron chi connectivity index (χ3n) is 4.08. The number of rotatable bonds is 4. The normalized spacial score (nSPS) is 26.0. The van der Waals surface area contributed by atoms with Crippen molar-refractivity contribution in [3.63, 3.8) is 0 Å². The third-order valence-corrected chi connectivity index (χ3v) is 4.89. The molecule has 1 aliphatic rings. The predicted octanol–water partition coefficient (Wildman–Crippen LogP) is 5.94. The minimum atomic E-state index is -2.87. The molecule has 2 nitrogen and oxygen atoms in total. The molecule has 0 aromatic heterocycles. The van der Waals surface area contributed by atoms with Crippen molar-refractivity contribution < 1.29 is 13.5 Å². The Morgan fingerprint density at radius 3 is 2.48 bits per heavy atom. The van der Waals surface area contributed by atoms with Crippen LogP contribution in [0.4, 0.5) is 14.5 Å². The van der Waals surface area contributed by atoms with Crippen molar-refractivity contribution in [2.24, 2.45) is 11.8 Å².